The first-order valence-corrected chi connectivity index (χ1v) is 5.83. The third-order valence-corrected chi connectivity index (χ3v) is 2.53. The minimum absolute atomic E-state index is 0.0598. The predicted octanol–water partition coefficient (Wildman–Crippen LogP) is 2.91. The van der Waals surface area contributed by atoms with Gasteiger partial charge in [0, 0.05) is 5.54 Å². The first kappa shape index (κ1) is 13.9. The van der Waals surface area contributed by atoms with Crippen molar-refractivity contribution < 1.29 is 5.11 Å². The summed E-state index contributed by atoms with van der Waals surface area (Å²) in [5.41, 5.74) is 0.0598. The van der Waals surface area contributed by atoms with E-state index in [1.807, 2.05) is 6.92 Å². The SMILES string of the molecule is CCC(O)NC(C)(C)CCCC(C)C. The standard InChI is InChI=1S/C12H27NO/c1-6-11(14)13-12(4,5)9-7-8-10(2)3/h10-11,13-14H,6-9H2,1-5H3. The molecule has 0 aromatic heterocycles. The van der Waals surface area contributed by atoms with Crippen LogP contribution in [0.25, 0.3) is 0 Å². The molecule has 0 radical (unpaired) electrons. The van der Waals surface area contributed by atoms with E-state index < -0.39 is 0 Å². The molecule has 1 unspecified atom stereocenters. The third-order valence-electron chi connectivity index (χ3n) is 2.53. The van der Waals surface area contributed by atoms with Gasteiger partial charge in [0.1, 0.15) is 6.23 Å². The number of aliphatic hydroxyl groups is 1. The Bertz CT molecular complexity index is 143. The highest BCUT2D eigenvalue weighted by Gasteiger charge is 2.19. The summed E-state index contributed by atoms with van der Waals surface area (Å²) in [7, 11) is 0. The maximum atomic E-state index is 9.49. The lowest BCUT2D eigenvalue weighted by Gasteiger charge is -2.29. The summed E-state index contributed by atoms with van der Waals surface area (Å²) < 4.78 is 0. The fraction of sp³-hybridized carbons (Fsp3) is 1.00. The highest BCUT2D eigenvalue weighted by molar-refractivity contribution is 4.78. The Morgan fingerprint density at radius 2 is 1.86 bits per heavy atom. The van der Waals surface area contributed by atoms with E-state index in [9.17, 15) is 5.11 Å². The minimum Gasteiger partial charge on any atom is -0.379 e. The number of aliphatic hydroxyl groups excluding tert-OH is 1. The molecule has 0 spiro atoms. The van der Waals surface area contributed by atoms with Gasteiger partial charge < -0.3 is 5.11 Å². The maximum Gasteiger partial charge on any atom is 0.105 e. The molecule has 0 amide bonds. The van der Waals surface area contributed by atoms with E-state index in [2.05, 4.69) is 33.0 Å². The number of hydrogen-bond acceptors (Lipinski definition) is 2. The summed E-state index contributed by atoms with van der Waals surface area (Å²) in [5, 5.41) is 12.7. The van der Waals surface area contributed by atoms with E-state index >= 15 is 0 Å². The van der Waals surface area contributed by atoms with E-state index in [1.165, 1.54) is 12.8 Å². The molecule has 0 fully saturated rings. The average Bonchev–Trinajstić information content (AvgIpc) is 2.02. The van der Waals surface area contributed by atoms with Crippen LogP contribution < -0.4 is 5.32 Å². The lowest BCUT2D eigenvalue weighted by molar-refractivity contribution is 0.0933. The first-order chi connectivity index (χ1) is 6.37. The van der Waals surface area contributed by atoms with Crippen molar-refractivity contribution in [1.29, 1.82) is 0 Å². The quantitative estimate of drug-likeness (QED) is 0.621. The summed E-state index contributed by atoms with van der Waals surface area (Å²) in [6, 6.07) is 0. The largest absolute Gasteiger partial charge is 0.379 e. The van der Waals surface area contributed by atoms with Gasteiger partial charge in [0.05, 0.1) is 0 Å². The van der Waals surface area contributed by atoms with Crippen molar-refractivity contribution in [2.24, 2.45) is 5.92 Å². The van der Waals surface area contributed by atoms with Crippen LogP contribution in [0.15, 0.2) is 0 Å². The Labute approximate surface area is 89.1 Å². The summed E-state index contributed by atoms with van der Waals surface area (Å²) in [6.45, 7) is 10.8. The molecule has 0 rings (SSSR count). The molecule has 0 bridgehead atoms. The van der Waals surface area contributed by atoms with Gasteiger partial charge in [0.15, 0.2) is 0 Å². The third kappa shape index (κ3) is 7.34. The molecule has 14 heavy (non-hydrogen) atoms. The van der Waals surface area contributed by atoms with E-state index in [0.717, 1.165) is 18.8 Å². The van der Waals surface area contributed by atoms with Crippen LogP contribution in [-0.2, 0) is 0 Å². The fourth-order valence-electron chi connectivity index (χ4n) is 1.58. The summed E-state index contributed by atoms with van der Waals surface area (Å²) >= 11 is 0. The van der Waals surface area contributed by atoms with Gasteiger partial charge in [-0.15, -0.1) is 0 Å². The second-order valence-corrected chi connectivity index (χ2v) is 5.24. The van der Waals surface area contributed by atoms with Crippen molar-refractivity contribution in [3.8, 4) is 0 Å². The Kier molecular flexibility index (Phi) is 6.38. The molecule has 2 N–H and O–H groups in total. The van der Waals surface area contributed by atoms with Crippen molar-refractivity contribution in [1.82, 2.24) is 5.32 Å². The topological polar surface area (TPSA) is 32.3 Å². The zero-order chi connectivity index (χ0) is 11.2. The molecule has 0 heterocycles. The molecule has 0 aliphatic carbocycles. The zero-order valence-electron chi connectivity index (χ0n) is 10.4. The summed E-state index contributed by atoms with van der Waals surface area (Å²) in [6.07, 6.45) is 4.04. The van der Waals surface area contributed by atoms with Crippen molar-refractivity contribution in [2.45, 2.75) is 72.1 Å². The van der Waals surface area contributed by atoms with Crippen LogP contribution in [0.4, 0.5) is 0 Å². The van der Waals surface area contributed by atoms with Gasteiger partial charge in [-0.25, -0.2) is 0 Å². The van der Waals surface area contributed by atoms with Gasteiger partial charge in [0.2, 0.25) is 0 Å². The molecular weight excluding hydrogens is 174 g/mol. The Hall–Kier alpha value is -0.0800. The van der Waals surface area contributed by atoms with Gasteiger partial charge in [-0.3, -0.25) is 5.32 Å². The van der Waals surface area contributed by atoms with Crippen molar-refractivity contribution >= 4 is 0 Å². The highest BCUT2D eigenvalue weighted by Crippen LogP contribution is 2.16. The van der Waals surface area contributed by atoms with Crippen LogP contribution in [0.1, 0.15) is 60.3 Å². The van der Waals surface area contributed by atoms with E-state index in [1.54, 1.807) is 0 Å². The van der Waals surface area contributed by atoms with Gasteiger partial charge >= 0.3 is 0 Å². The van der Waals surface area contributed by atoms with Crippen molar-refractivity contribution in [3.63, 3.8) is 0 Å². The average molecular weight is 201 g/mol. The smallest absolute Gasteiger partial charge is 0.105 e. The summed E-state index contributed by atoms with van der Waals surface area (Å²) in [5.74, 6) is 0.780. The monoisotopic (exact) mass is 201 g/mol. The summed E-state index contributed by atoms with van der Waals surface area (Å²) in [4.78, 5) is 0. The predicted molar refractivity (Wildman–Crippen MR) is 62.2 cm³/mol. The Morgan fingerprint density at radius 1 is 1.29 bits per heavy atom. The fourth-order valence-corrected chi connectivity index (χ4v) is 1.58. The van der Waals surface area contributed by atoms with Gasteiger partial charge in [0.25, 0.3) is 0 Å². The molecule has 0 saturated carbocycles. The van der Waals surface area contributed by atoms with E-state index in [0.29, 0.717) is 0 Å². The van der Waals surface area contributed by atoms with E-state index in [4.69, 9.17) is 0 Å². The molecule has 0 aromatic rings. The molecular formula is C12H27NO. The van der Waals surface area contributed by atoms with Crippen LogP contribution >= 0.6 is 0 Å². The maximum absolute atomic E-state index is 9.49. The van der Waals surface area contributed by atoms with Crippen LogP contribution in [-0.4, -0.2) is 16.9 Å². The molecule has 0 aliphatic heterocycles. The molecule has 0 saturated heterocycles. The molecule has 1 atom stereocenters. The van der Waals surface area contributed by atoms with Crippen LogP contribution in [0.2, 0.25) is 0 Å². The van der Waals surface area contributed by atoms with Crippen LogP contribution in [0.5, 0.6) is 0 Å². The van der Waals surface area contributed by atoms with Gasteiger partial charge in [-0.05, 0) is 32.6 Å². The normalized spacial score (nSPS) is 14.8. The van der Waals surface area contributed by atoms with E-state index in [-0.39, 0.29) is 11.8 Å². The minimum atomic E-state index is -0.357. The van der Waals surface area contributed by atoms with Gasteiger partial charge in [-0.1, -0.05) is 33.6 Å². The zero-order valence-corrected chi connectivity index (χ0v) is 10.4. The molecule has 0 aromatic carbocycles. The second-order valence-electron chi connectivity index (χ2n) is 5.24. The van der Waals surface area contributed by atoms with Crippen LogP contribution in [0.3, 0.4) is 0 Å². The lowest BCUT2D eigenvalue weighted by atomic mass is 9.94. The Balaban J connectivity index is 3.71. The Morgan fingerprint density at radius 3 is 2.29 bits per heavy atom. The first-order valence-electron chi connectivity index (χ1n) is 5.83. The van der Waals surface area contributed by atoms with Gasteiger partial charge in [-0.2, -0.15) is 0 Å². The molecule has 86 valence electrons. The second kappa shape index (κ2) is 6.41. The molecule has 0 aliphatic rings. The molecule has 2 nitrogen and oxygen atoms in total. The highest BCUT2D eigenvalue weighted by atomic mass is 16.3. The van der Waals surface area contributed by atoms with Crippen molar-refractivity contribution in [3.05, 3.63) is 0 Å². The van der Waals surface area contributed by atoms with Crippen LogP contribution in [0, 0.1) is 5.92 Å². The van der Waals surface area contributed by atoms with Crippen molar-refractivity contribution in [2.75, 3.05) is 0 Å². The number of hydrogen-bond donors (Lipinski definition) is 2. The lowest BCUT2D eigenvalue weighted by Crippen LogP contribution is -2.45. The number of rotatable bonds is 7. The molecule has 2 heteroatoms. The number of nitrogens with one attached hydrogen (secondary N) is 1.